The predicted octanol–water partition coefficient (Wildman–Crippen LogP) is 2.07. The van der Waals surface area contributed by atoms with Gasteiger partial charge in [0.2, 0.25) is 5.91 Å². The maximum absolute atomic E-state index is 11.9. The van der Waals surface area contributed by atoms with Crippen molar-refractivity contribution in [2.45, 2.75) is 39.2 Å². The van der Waals surface area contributed by atoms with E-state index in [2.05, 4.69) is 6.92 Å². The van der Waals surface area contributed by atoms with E-state index in [1.165, 1.54) is 11.1 Å². The van der Waals surface area contributed by atoms with Crippen LogP contribution < -0.4 is 4.74 Å². The molecule has 1 aromatic rings. The standard InChI is InChI=1S/C18H27NO4/c1-4-22-12-17(20)19-9-7-18(21,8-10-19)13-23-16-6-5-14(2)15(3)11-16/h5-6,11,21H,4,7-10,12-13H2,1-3H3. The summed E-state index contributed by atoms with van der Waals surface area (Å²) in [4.78, 5) is 13.7. The average Bonchev–Trinajstić information content (AvgIpc) is 2.54. The zero-order valence-electron chi connectivity index (χ0n) is 14.3. The van der Waals surface area contributed by atoms with Gasteiger partial charge in [-0.3, -0.25) is 4.79 Å². The summed E-state index contributed by atoms with van der Waals surface area (Å²) in [6.07, 6.45) is 1.05. The first kappa shape index (κ1) is 17.8. The summed E-state index contributed by atoms with van der Waals surface area (Å²) in [5.74, 6) is 0.764. The first-order valence-corrected chi connectivity index (χ1v) is 8.21. The highest BCUT2D eigenvalue weighted by molar-refractivity contribution is 5.77. The lowest BCUT2D eigenvalue weighted by atomic mass is 9.92. The third kappa shape index (κ3) is 4.94. The highest BCUT2D eigenvalue weighted by atomic mass is 16.5. The SMILES string of the molecule is CCOCC(=O)N1CCC(O)(COc2ccc(C)c(C)c2)CC1. The van der Waals surface area contributed by atoms with Gasteiger partial charge in [-0.05, 0) is 56.9 Å². The van der Waals surface area contributed by atoms with Crippen molar-refractivity contribution in [1.82, 2.24) is 4.90 Å². The number of hydrogen-bond acceptors (Lipinski definition) is 4. The summed E-state index contributed by atoms with van der Waals surface area (Å²) in [5, 5.41) is 10.6. The van der Waals surface area contributed by atoms with Gasteiger partial charge in [0, 0.05) is 19.7 Å². The van der Waals surface area contributed by atoms with E-state index in [0.29, 0.717) is 32.5 Å². The van der Waals surface area contributed by atoms with Gasteiger partial charge in [0.25, 0.3) is 0 Å². The molecule has 0 radical (unpaired) electrons. The maximum Gasteiger partial charge on any atom is 0.248 e. The van der Waals surface area contributed by atoms with Crippen LogP contribution in [0.3, 0.4) is 0 Å². The Morgan fingerprint density at radius 3 is 2.57 bits per heavy atom. The lowest BCUT2D eigenvalue weighted by Crippen LogP contribution is -2.50. The molecular formula is C18H27NO4. The Balaban J connectivity index is 1.82. The number of benzene rings is 1. The van der Waals surface area contributed by atoms with Crippen LogP contribution in [0.25, 0.3) is 0 Å². The number of aryl methyl sites for hydroxylation is 2. The number of hydrogen-bond donors (Lipinski definition) is 1. The molecule has 1 N–H and O–H groups in total. The molecule has 0 atom stereocenters. The molecule has 2 rings (SSSR count). The Morgan fingerprint density at radius 2 is 1.96 bits per heavy atom. The number of aliphatic hydroxyl groups is 1. The largest absolute Gasteiger partial charge is 0.491 e. The second-order valence-electron chi connectivity index (χ2n) is 6.28. The molecule has 0 bridgehead atoms. The number of ether oxygens (including phenoxy) is 2. The van der Waals surface area contributed by atoms with Crippen LogP contribution in [0.5, 0.6) is 5.75 Å². The second kappa shape index (κ2) is 7.79. The van der Waals surface area contributed by atoms with Crippen LogP contribution in [-0.2, 0) is 9.53 Å². The summed E-state index contributed by atoms with van der Waals surface area (Å²) in [7, 11) is 0. The van der Waals surface area contributed by atoms with Crippen LogP contribution in [0, 0.1) is 13.8 Å². The second-order valence-corrected chi connectivity index (χ2v) is 6.28. The van der Waals surface area contributed by atoms with Gasteiger partial charge in [-0.1, -0.05) is 6.07 Å². The van der Waals surface area contributed by atoms with E-state index < -0.39 is 5.60 Å². The van der Waals surface area contributed by atoms with Crippen molar-refractivity contribution in [2.75, 3.05) is 32.9 Å². The van der Waals surface area contributed by atoms with Gasteiger partial charge in [-0.25, -0.2) is 0 Å². The number of piperidine rings is 1. The molecule has 0 spiro atoms. The summed E-state index contributed by atoms with van der Waals surface area (Å²) in [6, 6.07) is 5.93. The number of likely N-dealkylation sites (tertiary alicyclic amines) is 1. The number of carbonyl (C=O) groups is 1. The van der Waals surface area contributed by atoms with Crippen LogP contribution in [0.2, 0.25) is 0 Å². The number of nitrogens with zero attached hydrogens (tertiary/aromatic N) is 1. The van der Waals surface area contributed by atoms with Gasteiger partial charge in [0.05, 0.1) is 0 Å². The zero-order chi connectivity index (χ0) is 16.9. The first-order chi connectivity index (χ1) is 10.9. The van der Waals surface area contributed by atoms with Crippen molar-refractivity contribution < 1.29 is 19.4 Å². The van der Waals surface area contributed by atoms with Gasteiger partial charge in [-0.15, -0.1) is 0 Å². The van der Waals surface area contributed by atoms with Gasteiger partial charge in [-0.2, -0.15) is 0 Å². The van der Waals surface area contributed by atoms with Crippen LogP contribution >= 0.6 is 0 Å². The van der Waals surface area contributed by atoms with Crippen LogP contribution in [0.4, 0.5) is 0 Å². The van der Waals surface area contributed by atoms with Gasteiger partial charge in [0.15, 0.2) is 0 Å². The monoisotopic (exact) mass is 321 g/mol. The van der Waals surface area contributed by atoms with Crippen LogP contribution in [0.1, 0.15) is 30.9 Å². The van der Waals surface area contributed by atoms with Crippen molar-refractivity contribution in [1.29, 1.82) is 0 Å². The Morgan fingerprint density at radius 1 is 1.26 bits per heavy atom. The summed E-state index contributed by atoms with van der Waals surface area (Å²) in [6.45, 7) is 7.95. The molecule has 5 nitrogen and oxygen atoms in total. The van der Waals surface area contributed by atoms with Gasteiger partial charge < -0.3 is 19.5 Å². The molecule has 23 heavy (non-hydrogen) atoms. The molecule has 1 aliphatic heterocycles. The normalized spacial score (nSPS) is 17.1. The number of rotatable bonds is 6. The molecular weight excluding hydrogens is 294 g/mol. The molecule has 5 heteroatoms. The first-order valence-electron chi connectivity index (χ1n) is 8.21. The highest BCUT2D eigenvalue weighted by Gasteiger charge is 2.34. The lowest BCUT2D eigenvalue weighted by Gasteiger charge is -2.37. The maximum atomic E-state index is 11.9. The Hall–Kier alpha value is -1.59. The van der Waals surface area contributed by atoms with E-state index >= 15 is 0 Å². The molecule has 1 amide bonds. The Labute approximate surface area is 138 Å². The molecule has 0 unspecified atom stereocenters. The molecule has 0 aliphatic carbocycles. The van der Waals surface area contributed by atoms with E-state index in [4.69, 9.17) is 9.47 Å². The molecule has 1 heterocycles. The molecule has 128 valence electrons. The van der Waals surface area contributed by atoms with Crippen LogP contribution in [0.15, 0.2) is 18.2 Å². The molecule has 1 aromatic carbocycles. The quantitative estimate of drug-likeness (QED) is 0.871. The molecule has 1 saturated heterocycles. The third-order valence-electron chi connectivity index (χ3n) is 4.46. The molecule has 1 aliphatic rings. The average molecular weight is 321 g/mol. The third-order valence-corrected chi connectivity index (χ3v) is 4.46. The highest BCUT2D eigenvalue weighted by Crippen LogP contribution is 2.25. The van der Waals surface area contributed by atoms with E-state index in [0.717, 1.165) is 5.75 Å². The summed E-state index contributed by atoms with van der Waals surface area (Å²) < 4.78 is 10.9. The van der Waals surface area contributed by atoms with Gasteiger partial charge >= 0.3 is 0 Å². The van der Waals surface area contributed by atoms with Crippen molar-refractivity contribution in [3.63, 3.8) is 0 Å². The minimum absolute atomic E-state index is 0.0102. The van der Waals surface area contributed by atoms with E-state index in [-0.39, 0.29) is 19.1 Å². The summed E-state index contributed by atoms with van der Waals surface area (Å²) >= 11 is 0. The lowest BCUT2D eigenvalue weighted by molar-refractivity contribution is -0.141. The fourth-order valence-corrected chi connectivity index (χ4v) is 2.62. The minimum atomic E-state index is -0.874. The fourth-order valence-electron chi connectivity index (χ4n) is 2.62. The fraction of sp³-hybridized carbons (Fsp3) is 0.611. The van der Waals surface area contributed by atoms with E-state index in [1.807, 2.05) is 32.0 Å². The molecule has 1 fully saturated rings. The predicted molar refractivity (Wildman–Crippen MR) is 88.7 cm³/mol. The molecule has 0 aromatic heterocycles. The number of carbonyl (C=O) groups excluding carboxylic acids is 1. The van der Waals surface area contributed by atoms with E-state index in [1.54, 1.807) is 4.90 Å². The molecule has 0 saturated carbocycles. The Bertz CT molecular complexity index is 536. The van der Waals surface area contributed by atoms with Crippen molar-refractivity contribution in [3.05, 3.63) is 29.3 Å². The van der Waals surface area contributed by atoms with Crippen LogP contribution in [-0.4, -0.2) is 54.4 Å². The minimum Gasteiger partial charge on any atom is -0.491 e. The van der Waals surface area contributed by atoms with Crippen molar-refractivity contribution in [3.8, 4) is 5.75 Å². The zero-order valence-corrected chi connectivity index (χ0v) is 14.3. The smallest absolute Gasteiger partial charge is 0.248 e. The van der Waals surface area contributed by atoms with Gasteiger partial charge in [0.1, 0.15) is 24.6 Å². The van der Waals surface area contributed by atoms with E-state index in [9.17, 15) is 9.90 Å². The Kier molecular flexibility index (Phi) is 6.02. The van der Waals surface area contributed by atoms with Crippen molar-refractivity contribution >= 4 is 5.91 Å². The van der Waals surface area contributed by atoms with Crippen molar-refractivity contribution in [2.24, 2.45) is 0 Å². The summed E-state index contributed by atoms with van der Waals surface area (Å²) in [5.41, 5.74) is 1.52. The topological polar surface area (TPSA) is 59.0 Å². The number of amides is 1.